The molecule has 0 N–H and O–H groups in total. The van der Waals surface area contributed by atoms with Gasteiger partial charge < -0.3 is 9.47 Å². The van der Waals surface area contributed by atoms with Gasteiger partial charge in [0.1, 0.15) is 23.6 Å². The van der Waals surface area contributed by atoms with Gasteiger partial charge in [0.2, 0.25) is 0 Å². The van der Waals surface area contributed by atoms with Crippen molar-refractivity contribution in [1.82, 2.24) is 0 Å². The van der Waals surface area contributed by atoms with Crippen molar-refractivity contribution >= 4 is 17.7 Å². The number of ketones is 1. The van der Waals surface area contributed by atoms with E-state index >= 15 is 0 Å². The van der Waals surface area contributed by atoms with Gasteiger partial charge in [-0.3, -0.25) is 9.59 Å². The number of rotatable bonds is 3. The average molecular weight is 437 g/mol. The average Bonchev–Trinajstić information content (AvgIpc) is 3.10. The second-order valence-electron chi connectivity index (χ2n) is 10.8. The summed E-state index contributed by atoms with van der Waals surface area (Å²) in [6.45, 7) is 5.97. The van der Waals surface area contributed by atoms with Crippen LogP contribution in [-0.2, 0) is 19.1 Å². The number of carbonyl (C=O) groups is 3. The molecule has 3 fully saturated rings. The number of Topliss-reactive ketones (excluding diaryl/α,β-unsaturated/α-hetero) is 1. The monoisotopic (exact) mass is 436 g/mol. The smallest absolute Gasteiger partial charge is 0.338 e. The van der Waals surface area contributed by atoms with Gasteiger partial charge in [-0.05, 0) is 81.4 Å². The lowest BCUT2D eigenvalue weighted by atomic mass is 9.49. The number of carbonyl (C=O) groups excluding carboxylic acids is 3. The summed E-state index contributed by atoms with van der Waals surface area (Å²) in [4.78, 5) is 37.2. The lowest BCUT2D eigenvalue weighted by molar-refractivity contribution is -0.163. The fourth-order valence-electron chi connectivity index (χ4n) is 7.39. The van der Waals surface area contributed by atoms with Crippen molar-refractivity contribution in [3.63, 3.8) is 0 Å². The largest absolute Gasteiger partial charge is 0.458 e. The van der Waals surface area contributed by atoms with Gasteiger partial charge in [-0.1, -0.05) is 32.0 Å². The Morgan fingerprint density at radius 2 is 1.81 bits per heavy atom. The molecule has 1 heterocycles. The molecule has 4 aliphatic rings. The fourth-order valence-corrected chi connectivity index (χ4v) is 7.39. The van der Waals surface area contributed by atoms with Crippen molar-refractivity contribution < 1.29 is 23.9 Å². The number of hydrogen-bond acceptors (Lipinski definition) is 5. The zero-order valence-electron chi connectivity index (χ0n) is 19.1. The second kappa shape index (κ2) is 7.57. The van der Waals surface area contributed by atoms with Crippen molar-refractivity contribution in [1.29, 1.82) is 0 Å². The third-order valence-corrected chi connectivity index (χ3v) is 9.18. The Morgan fingerprint density at radius 3 is 2.53 bits per heavy atom. The summed E-state index contributed by atoms with van der Waals surface area (Å²) < 4.78 is 11.8. The first-order valence-corrected chi connectivity index (χ1v) is 11.9. The van der Waals surface area contributed by atoms with E-state index in [4.69, 9.17) is 9.47 Å². The third-order valence-electron chi connectivity index (χ3n) is 9.18. The number of allylic oxidation sites excluding steroid dienone is 2. The number of benzene rings is 1. The van der Waals surface area contributed by atoms with Gasteiger partial charge in [0, 0.05) is 10.8 Å². The van der Waals surface area contributed by atoms with Crippen LogP contribution in [0.25, 0.3) is 0 Å². The topological polar surface area (TPSA) is 69.7 Å². The number of esters is 2. The highest BCUT2D eigenvalue weighted by Gasteiger charge is 2.61. The van der Waals surface area contributed by atoms with E-state index in [9.17, 15) is 14.4 Å². The maximum Gasteiger partial charge on any atom is 0.338 e. The molecule has 7 unspecified atom stereocenters. The molecule has 0 amide bonds. The quantitative estimate of drug-likeness (QED) is 0.487. The number of ether oxygens (including phenoxy) is 2. The normalized spacial score (nSPS) is 40.3. The molecule has 1 aliphatic heterocycles. The van der Waals surface area contributed by atoms with Crippen LogP contribution in [0.15, 0.2) is 42.2 Å². The van der Waals surface area contributed by atoms with Crippen LogP contribution in [0.4, 0.5) is 0 Å². The molecule has 0 spiro atoms. The maximum atomic E-state index is 12.8. The van der Waals surface area contributed by atoms with Crippen molar-refractivity contribution in [3.05, 3.63) is 47.7 Å². The minimum Gasteiger partial charge on any atom is -0.458 e. The van der Waals surface area contributed by atoms with Gasteiger partial charge >= 0.3 is 11.9 Å². The summed E-state index contributed by atoms with van der Waals surface area (Å²) in [5, 5.41) is 0. The molecule has 0 bridgehead atoms. The molecule has 2 saturated carbocycles. The Hall–Kier alpha value is -2.43. The molecule has 0 radical (unpaired) electrons. The van der Waals surface area contributed by atoms with Crippen molar-refractivity contribution in [2.24, 2.45) is 34.5 Å². The summed E-state index contributed by atoms with van der Waals surface area (Å²) in [5.74, 6) is 0.660. The van der Waals surface area contributed by atoms with Gasteiger partial charge in [0.05, 0.1) is 5.56 Å². The minimum atomic E-state index is -0.660. The molecule has 5 heteroatoms. The van der Waals surface area contributed by atoms with E-state index < -0.39 is 11.9 Å². The molecule has 5 nitrogen and oxygen atoms in total. The molecule has 32 heavy (non-hydrogen) atoms. The molecule has 1 aromatic carbocycles. The second-order valence-corrected chi connectivity index (χ2v) is 10.8. The highest BCUT2D eigenvalue weighted by atomic mass is 16.5. The van der Waals surface area contributed by atoms with E-state index in [0.717, 1.165) is 37.9 Å². The summed E-state index contributed by atoms with van der Waals surface area (Å²) in [7, 11) is 0. The summed E-state index contributed by atoms with van der Waals surface area (Å²) in [5.41, 5.74) is 0.275. The van der Waals surface area contributed by atoms with Crippen molar-refractivity contribution in [3.8, 4) is 0 Å². The van der Waals surface area contributed by atoms with Crippen LogP contribution in [0.1, 0.15) is 69.7 Å². The minimum absolute atomic E-state index is 0.0430. The lowest BCUT2D eigenvalue weighted by Gasteiger charge is -2.56. The van der Waals surface area contributed by atoms with Gasteiger partial charge in [0.15, 0.2) is 0 Å². The molecule has 0 aromatic heterocycles. The fraction of sp³-hybridized carbons (Fsp3) is 0.593. The molecular weight excluding hydrogens is 404 g/mol. The SMILES string of the molecule is CC(=O)C1CC2(C)C(=CCC3C2CCC2(C)C(OC(=O)c4ccccc4)CCC32)OC1=O. The van der Waals surface area contributed by atoms with E-state index in [1.807, 2.05) is 18.2 Å². The Kier molecular flexibility index (Phi) is 5.06. The summed E-state index contributed by atoms with van der Waals surface area (Å²) in [6, 6.07) is 9.23. The van der Waals surface area contributed by atoms with Crippen LogP contribution in [0.2, 0.25) is 0 Å². The van der Waals surface area contributed by atoms with E-state index in [1.54, 1.807) is 12.1 Å². The maximum absolute atomic E-state index is 12.8. The molecule has 5 rings (SSSR count). The van der Waals surface area contributed by atoms with Crippen molar-refractivity contribution in [2.45, 2.75) is 65.4 Å². The van der Waals surface area contributed by atoms with E-state index in [0.29, 0.717) is 29.7 Å². The van der Waals surface area contributed by atoms with Crippen LogP contribution in [0.5, 0.6) is 0 Å². The first-order valence-electron chi connectivity index (χ1n) is 11.9. The van der Waals surface area contributed by atoms with E-state index in [1.165, 1.54) is 6.92 Å². The van der Waals surface area contributed by atoms with E-state index in [-0.39, 0.29) is 28.7 Å². The van der Waals surface area contributed by atoms with Gasteiger partial charge in [-0.15, -0.1) is 0 Å². The van der Waals surface area contributed by atoms with Crippen LogP contribution >= 0.6 is 0 Å². The Morgan fingerprint density at radius 1 is 1.06 bits per heavy atom. The molecule has 3 aliphatic carbocycles. The van der Waals surface area contributed by atoms with Crippen LogP contribution < -0.4 is 0 Å². The number of hydrogen-bond donors (Lipinski definition) is 0. The van der Waals surface area contributed by atoms with Crippen molar-refractivity contribution in [2.75, 3.05) is 0 Å². The molecule has 1 aromatic rings. The third kappa shape index (κ3) is 3.15. The van der Waals surface area contributed by atoms with Gasteiger partial charge in [-0.25, -0.2) is 4.79 Å². The highest BCUT2D eigenvalue weighted by Crippen LogP contribution is 2.65. The molecule has 7 atom stereocenters. The number of fused-ring (bicyclic) bond motifs is 5. The zero-order valence-corrected chi connectivity index (χ0v) is 19.1. The summed E-state index contributed by atoms with van der Waals surface area (Å²) >= 11 is 0. The van der Waals surface area contributed by atoms with Crippen LogP contribution in [-0.4, -0.2) is 23.8 Å². The predicted octanol–water partition coefficient (Wildman–Crippen LogP) is 5.10. The first kappa shape index (κ1) is 21.4. The molecule has 1 saturated heterocycles. The van der Waals surface area contributed by atoms with Crippen LogP contribution in [0.3, 0.4) is 0 Å². The Labute approximate surface area is 189 Å². The summed E-state index contributed by atoms with van der Waals surface area (Å²) in [6.07, 6.45) is 7.36. The Bertz CT molecular complexity index is 981. The van der Waals surface area contributed by atoms with Gasteiger partial charge in [-0.2, -0.15) is 0 Å². The predicted molar refractivity (Wildman–Crippen MR) is 118 cm³/mol. The first-order chi connectivity index (χ1) is 15.2. The molecular formula is C27H32O5. The standard InChI is InChI=1S/C27H32O5/c1-16(28)19-15-27(3)21-13-14-26(2)20(18(21)9-11-23(27)32-25(19)30)10-12-22(26)31-24(29)17-7-5-4-6-8-17/h4-8,11,18-22H,9-10,12-15H2,1-3H3. The molecule has 170 valence electrons. The lowest BCUT2D eigenvalue weighted by Crippen LogP contribution is -2.53. The van der Waals surface area contributed by atoms with E-state index in [2.05, 4.69) is 19.9 Å². The van der Waals surface area contributed by atoms with Gasteiger partial charge in [0.25, 0.3) is 0 Å². The van der Waals surface area contributed by atoms with Crippen LogP contribution in [0, 0.1) is 34.5 Å². The zero-order chi connectivity index (χ0) is 22.7. The highest BCUT2D eigenvalue weighted by molar-refractivity contribution is 5.98. The Balaban J connectivity index is 1.38.